The fourth-order valence-corrected chi connectivity index (χ4v) is 3.76. The number of rotatable bonds is 6. The van der Waals surface area contributed by atoms with Crippen LogP contribution in [0, 0.1) is 11.8 Å². The SMILES string of the molecule is CCNCC(C)NCC1C2CCc3ccccc3C21. The predicted octanol–water partition coefficient (Wildman–Crippen LogP) is 2.55. The summed E-state index contributed by atoms with van der Waals surface area (Å²) in [5.41, 5.74) is 3.25. The van der Waals surface area contributed by atoms with E-state index in [0.717, 1.165) is 30.8 Å². The second-order valence-electron chi connectivity index (χ2n) is 6.21. The summed E-state index contributed by atoms with van der Waals surface area (Å²) < 4.78 is 0. The highest BCUT2D eigenvalue weighted by molar-refractivity contribution is 5.39. The van der Waals surface area contributed by atoms with Crippen molar-refractivity contribution in [3.05, 3.63) is 35.4 Å². The Morgan fingerprint density at radius 3 is 3.00 bits per heavy atom. The van der Waals surface area contributed by atoms with Gasteiger partial charge in [0.05, 0.1) is 0 Å². The number of fused-ring (bicyclic) bond motifs is 3. The highest BCUT2D eigenvalue weighted by Gasteiger charge is 2.52. The van der Waals surface area contributed by atoms with E-state index in [-0.39, 0.29) is 0 Å². The zero-order valence-electron chi connectivity index (χ0n) is 12.2. The van der Waals surface area contributed by atoms with E-state index in [0.29, 0.717) is 6.04 Å². The van der Waals surface area contributed by atoms with Crippen LogP contribution in [0.4, 0.5) is 0 Å². The first-order chi connectivity index (χ1) is 9.31. The predicted molar refractivity (Wildman–Crippen MR) is 80.5 cm³/mol. The summed E-state index contributed by atoms with van der Waals surface area (Å²) in [5.74, 6) is 2.69. The lowest BCUT2D eigenvalue weighted by atomic mass is 9.92. The van der Waals surface area contributed by atoms with Crippen molar-refractivity contribution in [2.45, 2.75) is 38.6 Å². The van der Waals surface area contributed by atoms with Gasteiger partial charge >= 0.3 is 0 Å². The molecule has 1 fully saturated rings. The summed E-state index contributed by atoms with van der Waals surface area (Å²) >= 11 is 0. The zero-order chi connectivity index (χ0) is 13.2. The molecule has 4 atom stereocenters. The molecule has 0 spiro atoms. The second kappa shape index (κ2) is 5.64. The Balaban J connectivity index is 1.53. The van der Waals surface area contributed by atoms with E-state index in [1.54, 1.807) is 11.1 Å². The van der Waals surface area contributed by atoms with Crippen LogP contribution in [0.3, 0.4) is 0 Å². The zero-order valence-corrected chi connectivity index (χ0v) is 12.2. The third-order valence-electron chi connectivity index (χ3n) is 4.90. The maximum atomic E-state index is 3.70. The van der Waals surface area contributed by atoms with Gasteiger partial charge in [0.1, 0.15) is 0 Å². The molecule has 3 rings (SSSR count). The van der Waals surface area contributed by atoms with Gasteiger partial charge in [-0.3, -0.25) is 0 Å². The van der Waals surface area contributed by atoms with Gasteiger partial charge in [-0.15, -0.1) is 0 Å². The van der Waals surface area contributed by atoms with Gasteiger partial charge in [-0.2, -0.15) is 0 Å². The molecule has 0 aliphatic heterocycles. The molecule has 2 N–H and O–H groups in total. The molecule has 0 amide bonds. The number of nitrogens with one attached hydrogen (secondary N) is 2. The van der Waals surface area contributed by atoms with Crippen molar-refractivity contribution in [3.63, 3.8) is 0 Å². The monoisotopic (exact) mass is 258 g/mol. The molecule has 0 heterocycles. The van der Waals surface area contributed by atoms with E-state index in [1.807, 2.05) is 0 Å². The largest absolute Gasteiger partial charge is 0.315 e. The molecule has 2 aliphatic carbocycles. The summed E-state index contributed by atoms with van der Waals surface area (Å²) in [5, 5.41) is 7.11. The minimum absolute atomic E-state index is 0.581. The Morgan fingerprint density at radius 2 is 2.16 bits per heavy atom. The molecule has 0 saturated heterocycles. The fraction of sp³-hybridized carbons (Fsp3) is 0.647. The van der Waals surface area contributed by atoms with Crippen LogP contribution in [0.1, 0.15) is 37.3 Å². The third kappa shape index (κ3) is 2.70. The van der Waals surface area contributed by atoms with Crippen LogP contribution in [0.15, 0.2) is 24.3 Å². The van der Waals surface area contributed by atoms with Crippen LogP contribution in [0.25, 0.3) is 0 Å². The summed E-state index contributed by atoms with van der Waals surface area (Å²) in [6.07, 6.45) is 2.69. The summed E-state index contributed by atoms with van der Waals surface area (Å²) in [4.78, 5) is 0. The van der Waals surface area contributed by atoms with Crippen molar-refractivity contribution in [1.82, 2.24) is 10.6 Å². The molecule has 1 saturated carbocycles. The van der Waals surface area contributed by atoms with E-state index in [9.17, 15) is 0 Å². The van der Waals surface area contributed by atoms with E-state index < -0.39 is 0 Å². The van der Waals surface area contributed by atoms with E-state index >= 15 is 0 Å². The van der Waals surface area contributed by atoms with E-state index in [2.05, 4.69) is 48.7 Å². The highest BCUT2D eigenvalue weighted by Crippen LogP contribution is 2.59. The number of aryl methyl sites for hydroxylation is 1. The molecular formula is C17H26N2. The van der Waals surface area contributed by atoms with Gasteiger partial charge < -0.3 is 10.6 Å². The van der Waals surface area contributed by atoms with Crippen LogP contribution < -0.4 is 10.6 Å². The molecule has 19 heavy (non-hydrogen) atoms. The quantitative estimate of drug-likeness (QED) is 0.819. The Kier molecular flexibility index (Phi) is 3.90. The lowest BCUT2D eigenvalue weighted by molar-refractivity contribution is 0.482. The molecule has 2 nitrogen and oxygen atoms in total. The van der Waals surface area contributed by atoms with Crippen molar-refractivity contribution in [3.8, 4) is 0 Å². The average molecular weight is 258 g/mol. The van der Waals surface area contributed by atoms with Crippen molar-refractivity contribution in [2.24, 2.45) is 11.8 Å². The third-order valence-corrected chi connectivity index (χ3v) is 4.90. The first kappa shape index (κ1) is 13.1. The summed E-state index contributed by atoms with van der Waals surface area (Å²) in [6.45, 7) is 7.78. The van der Waals surface area contributed by atoms with Gasteiger partial charge in [0.2, 0.25) is 0 Å². The Bertz CT molecular complexity index is 429. The van der Waals surface area contributed by atoms with Gasteiger partial charge in [0.25, 0.3) is 0 Å². The van der Waals surface area contributed by atoms with E-state index in [1.165, 1.54) is 19.4 Å². The minimum atomic E-state index is 0.581. The van der Waals surface area contributed by atoms with Gasteiger partial charge in [-0.25, -0.2) is 0 Å². The molecule has 1 aromatic carbocycles. The Labute approximate surface area is 117 Å². The van der Waals surface area contributed by atoms with Crippen LogP contribution in [-0.4, -0.2) is 25.7 Å². The topological polar surface area (TPSA) is 24.1 Å². The molecule has 1 aromatic rings. The number of hydrogen-bond acceptors (Lipinski definition) is 2. The first-order valence-corrected chi connectivity index (χ1v) is 7.83. The van der Waals surface area contributed by atoms with Gasteiger partial charge in [0, 0.05) is 12.6 Å². The van der Waals surface area contributed by atoms with Gasteiger partial charge in [-0.1, -0.05) is 31.2 Å². The minimum Gasteiger partial charge on any atom is -0.315 e. The van der Waals surface area contributed by atoms with Crippen molar-refractivity contribution >= 4 is 0 Å². The van der Waals surface area contributed by atoms with Crippen molar-refractivity contribution in [1.29, 1.82) is 0 Å². The van der Waals surface area contributed by atoms with Gasteiger partial charge in [0.15, 0.2) is 0 Å². The maximum Gasteiger partial charge on any atom is 0.0164 e. The Morgan fingerprint density at radius 1 is 1.32 bits per heavy atom. The first-order valence-electron chi connectivity index (χ1n) is 7.83. The van der Waals surface area contributed by atoms with Crippen LogP contribution in [-0.2, 0) is 6.42 Å². The molecule has 0 bridgehead atoms. The normalized spacial score (nSPS) is 29.5. The smallest absolute Gasteiger partial charge is 0.0164 e. The molecule has 0 aromatic heterocycles. The summed E-state index contributed by atoms with van der Waals surface area (Å²) in [7, 11) is 0. The molecular weight excluding hydrogens is 232 g/mol. The Hall–Kier alpha value is -0.860. The van der Waals surface area contributed by atoms with Crippen LogP contribution in [0.2, 0.25) is 0 Å². The average Bonchev–Trinajstić information content (AvgIpc) is 3.17. The number of benzene rings is 1. The van der Waals surface area contributed by atoms with Crippen LogP contribution >= 0.6 is 0 Å². The molecule has 0 radical (unpaired) electrons. The van der Waals surface area contributed by atoms with Crippen molar-refractivity contribution in [2.75, 3.05) is 19.6 Å². The van der Waals surface area contributed by atoms with Crippen LogP contribution in [0.5, 0.6) is 0 Å². The second-order valence-corrected chi connectivity index (χ2v) is 6.21. The van der Waals surface area contributed by atoms with Gasteiger partial charge in [-0.05, 0) is 61.7 Å². The van der Waals surface area contributed by atoms with E-state index in [4.69, 9.17) is 0 Å². The lowest BCUT2D eigenvalue weighted by Crippen LogP contribution is -2.37. The molecule has 2 aliphatic rings. The van der Waals surface area contributed by atoms with Crippen molar-refractivity contribution < 1.29 is 0 Å². The summed E-state index contributed by atoms with van der Waals surface area (Å²) in [6, 6.07) is 9.65. The standard InChI is InChI=1S/C17H26N2/c1-3-18-10-12(2)19-11-16-15-9-8-13-6-4-5-7-14(13)17(15)16/h4-7,12,15-19H,3,8-11H2,1-2H3. The fourth-order valence-electron chi connectivity index (χ4n) is 3.76. The number of hydrogen-bond donors (Lipinski definition) is 2. The lowest BCUT2D eigenvalue weighted by Gasteiger charge is -2.14. The highest BCUT2D eigenvalue weighted by atomic mass is 15.0. The number of likely N-dealkylation sites (N-methyl/N-ethyl adjacent to an activating group) is 1. The molecule has 2 heteroatoms. The maximum absolute atomic E-state index is 3.70. The molecule has 104 valence electrons. The molecule has 4 unspecified atom stereocenters.